The minimum Gasteiger partial charge on any atom is -0.493 e. The number of carbonyl (C=O) groups is 1. The zero-order valence-electron chi connectivity index (χ0n) is 18.9. The maximum Gasteiger partial charge on any atom is 0.256 e. The van der Waals surface area contributed by atoms with Gasteiger partial charge in [0.1, 0.15) is 6.61 Å². The third-order valence-corrected chi connectivity index (χ3v) is 6.89. The molecule has 2 aliphatic heterocycles. The topological polar surface area (TPSA) is 93.9 Å². The van der Waals surface area contributed by atoms with Gasteiger partial charge in [0.15, 0.2) is 17.0 Å². The van der Waals surface area contributed by atoms with Crippen molar-refractivity contribution in [2.45, 2.75) is 24.1 Å². The number of nitrogens with one attached hydrogen (secondary N) is 1. The Hall–Kier alpha value is -3.91. The van der Waals surface area contributed by atoms with Crippen molar-refractivity contribution < 1.29 is 19.2 Å². The first kappa shape index (κ1) is 21.9. The molecule has 0 bridgehead atoms. The van der Waals surface area contributed by atoms with Crippen LogP contribution in [0.5, 0.6) is 11.5 Å². The number of ether oxygens (including phenoxy) is 2. The Kier molecular flexibility index (Phi) is 5.45. The quantitative estimate of drug-likeness (QED) is 0.445. The van der Waals surface area contributed by atoms with E-state index in [1.54, 1.807) is 49.4 Å². The van der Waals surface area contributed by atoms with E-state index < -0.39 is 17.5 Å². The Bertz CT molecular complexity index is 1250. The summed E-state index contributed by atoms with van der Waals surface area (Å²) in [5, 5.41) is 15.3. The van der Waals surface area contributed by atoms with Crippen LogP contribution in [0.3, 0.4) is 0 Å². The van der Waals surface area contributed by atoms with Gasteiger partial charge >= 0.3 is 0 Å². The lowest BCUT2D eigenvalue weighted by atomic mass is 9.79. The van der Waals surface area contributed by atoms with Crippen LogP contribution in [0.2, 0.25) is 0 Å². The molecular formula is C26H25N3O5. The predicted octanol–water partition coefficient (Wildman–Crippen LogP) is 3.80. The number of anilines is 1. The summed E-state index contributed by atoms with van der Waals surface area (Å²) >= 11 is 0. The van der Waals surface area contributed by atoms with Gasteiger partial charge in [0.25, 0.3) is 11.9 Å². The zero-order valence-corrected chi connectivity index (χ0v) is 18.9. The number of hydrogen-bond donors (Lipinski definition) is 1. The average molecular weight is 460 g/mol. The molecule has 0 radical (unpaired) electrons. The van der Waals surface area contributed by atoms with Crippen molar-refractivity contribution in [3.63, 3.8) is 0 Å². The molecule has 8 heteroatoms. The maximum atomic E-state index is 13.3. The van der Waals surface area contributed by atoms with E-state index in [2.05, 4.69) is 5.32 Å². The lowest BCUT2D eigenvalue weighted by molar-refractivity contribution is -0.534. The van der Waals surface area contributed by atoms with Crippen LogP contribution < -0.4 is 14.8 Å². The molecule has 8 nitrogen and oxygen atoms in total. The van der Waals surface area contributed by atoms with Crippen LogP contribution in [0.15, 0.2) is 72.8 Å². The van der Waals surface area contributed by atoms with Gasteiger partial charge in [-0.1, -0.05) is 54.6 Å². The number of fused-ring (bicyclic) bond motifs is 2. The fourth-order valence-electron chi connectivity index (χ4n) is 5.35. The summed E-state index contributed by atoms with van der Waals surface area (Å²) in [6.07, 6.45) is 0. The number of para-hydroxylation sites is 1. The molecule has 3 aromatic rings. The van der Waals surface area contributed by atoms with Crippen LogP contribution in [0.4, 0.5) is 5.69 Å². The number of amides is 1. The second-order valence-electron chi connectivity index (χ2n) is 8.67. The molecule has 3 atom stereocenters. The van der Waals surface area contributed by atoms with Gasteiger partial charge in [-0.25, -0.2) is 0 Å². The largest absolute Gasteiger partial charge is 0.493 e. The van der Waals surface area contributed by atoms with Crippen molar-refractivity contribution in [1.29, 1.82) is 0 Å². The molecule has 1 spiro atoms. The minimum atomic E-state index is -1.37. The summed E-state index contributed by atoms with van der Waals surface area (Å²) in [4.78, 5) is 27.2. The molecule has 0 unspecified atom stereocenters. The van der Waals surface area contributed by atoms with Gasteiger partial charge in [-0.2, -0.15) is 0 Å². The van der Waals surface area contributed by atoms with E-state index in [1.165, 1.54) is 0 Å². The van der Waals surface area contributed by atoms with E-state index in [4.69, 9.17) is 9.47 Å². The van der Waals surface area contributed by atoms with Crippen molar-refractivity contribution in [2.75, 3.05) is 26.0 Å². The van der Waals surface area contributed by atoms with Crippen LogP contribution in [-0.2, 0) is 16.9 Å². The van der Waals surface area contributed by atoms with E-state index >= 15 is 0 Å². The second kappa shape index (κ2) is 8.46. The Morgan fingerprint density at radius 2 is 1.82 bits per heavy atom. The first-order chi connectivity index (χ1) is 16.5. The first-order valence-electron chi connectivity index (χ1n) is 11.1. The average Bonchev–Trinajstić information content (AvgIpc) is 3.33. The number of rotatable bonds is 6. The number of methoxy groups -OCH3 is 1. The monoisotopic (exact) mass is 459 g/mol. The molecule has 1 fully saturated rings. The summed E-state index contributed by atoms with van der Waals surface area (Å²) in [5.74, 6) is 0.164. The second-order valence-corrected chi connectivity index (χ2v) is 8.67. The minimum absolute atomic E-state index is 0.317. The standard InChI is InChI=1S/C26H25N3O5/c1-28-15-19(24(29(31)32)26(28)20-10-6-7-11-21(20)27-25(26)30)18-12-13-22(23(14-18)33-2)34-16-17-8-4-3-5-9-17/h3-14,19,24H,15-16H2,1-2H3,(H,27,30)/t19-,24+,26-/m0/s1. The van der Waals surface area contributed by atoms with Crippen molar-refractivity contribution in [3.8, 4) is 11.5 Å². The molecule has 2 aliphatic rings. The van der Waals surface area contributed by atoms with E-state index in [1.807, 2.05) is 42.5 Å². The number of benzene rings is 3. The van der Waals surface area contributed by atoms with E-state index in [-0.39, 0.29) is 10.8 Å². The molecule has 1 saturated heterocycles. The van der Waals surface area contributed by atoms with Crippen molar-refractivity contribution >= 4 is 11.6 Å². The molecule has 0 aliphatic carbocycles. The van der Waals surface area contributed by atoms with Crippen molar-refractivity contribution in [3.05, 3.63) is 99.6 Å². The van der Waals surface area contributed by atoms with Crippen LogP contribution >= 0.6 is 0 Å². The zero-order chi connectivity index (χ0) is 23.9. The van der Waals surface area contributed by atoms with Crippen LogP contribution in [-0.4, -0.2) is 42.5 Å². The Morgan fingerprint density at radius 3 is 2.56 bits per heavy atom. The van der Waals surface area contributed by atoms with Crippen molar-refractivity contribution in [1.82, 2.24) is 4.90 Å². The lowest BCUT2D eigenvalue weighted by Crippen LogP contribution is -2.54. The normalized spacial score (nSPS) is 23.5. The van der Waals surface area contributed by atoms with Gasteiger partial charge in [0, 0.05) is 22.7 Å². The van der Waals surface area contributed by atoms with Gasteiger partial charge in [0.05, 0.1) is 13.0 Å². The first-order valence-corrected chi connectivity index (χ1v) is 11.1. The van der Waals surface area contributed by atoms with Gasteiger partial charge < -0.3 is 14.8 Å². The van der Waals surface area contributed by atoms with Crippen molar-refractivity contribution in [2.24, 2.45) is 0 Å². The molecule has 34 heavy (non-hydrogen) atoms. The SMILES string of the molecule is COc1cc([C@@H]2CN(C)[C@]3(C(=O)Nc4ccccc43)[C@@H]2[N+](=O)[O-])ccc1OCc1ccccc1. The maximum absolute atomic E-state index is 13.3. The molecule has 0 aromatic heterocycles. The Balaban J connectivity index is 1.50. The van der Waals surface area contributed by atoms with Crippen LogP contribution in [0.1, 0.15) is 22.6 Å². The van der Waals surface area contributed by atoms with Gasteiger partial charge in [0.2, 0.25) is 0 Å². The molecule has 174 valence electrons. The molecule has 3 aromatic carbocycles. The van der Waals surface area contributed by atoms with Gasteiger partial charge in [-0.3, -0.25) is 19.8 Å². The summed E-state index contributed by atoms with van der Waals surface area (Å²) in [6, 6.07) is 21.2. The summed E-state index contributed by atoms with van der Waals surface area (Å²) < 4.78 is 11.5. The van der Waals surface area contributed by atoms with Gasteiger partial charge in [-0.15, -0.1) is 0 Å². The summed E-state index contributed by atoms with van der Waals surface area (Å²) in [7, 11) is 3.31. The number of carbonyl (C=O) groups excluding carboxylic acids is 1. The summed E-state index contributed by atoms with van der Waals surface area (Å²) in [6.45, 7) is 0.723. The Labute approximate surface area is 197 Å². The van der Waals surface area contributed by atoms with E-state index in [0.717, 1.165) is 11.1 Å². The molecule has 1 N–H and O–H groups in total. The number of likely N-dealkylation sites (N-methyl/N-ethyl adjacent to an activating group) is 1. The molecular weight excluding hydrogens is 434 g/mol. The lowest BCUT2D eigenvalue weighted by Gasteiger charge is -2.30. The molecule has 5 rings (SSSR count). The summed E-state index contributed by atoms with van der Waals surface area (Å²) in [5.41, 5.74) is 1.63. The molecule has 2 heterocycles. The molecule has 1 amide bonds. The number of nitro groups is 1. The highest BCUT2D eigenvalue weighted by Crippen LogP contribution is 2.52. The van der Waals surface area contributed by atoms with Crippen LogP contribution in [0, 0.1) is 10.1 Å². The predicted molar refractivity (Wildman–Crippen MR) is 127 cm³/mol. The highest BCUT2D eigenvalue weighted by Gasteiger charge is 2.68. The number of nitrogens with zero attached hydrogens (tertiary/aromatic N) is 2. The smallest absolute Gasteiger partial charge is 0.256 e. The van der Waals surface area contributed by atoms with Crippen LogP contribution in [0.25, 0.3) is 0 Å². The fraction of sp³-hybridized carbons (Fsp3) is 0.269. The number of hydrogen-bond acceptors (Lipinski definition) is 6. The van der Waals surface area contributed by atoms with Gasteiger partial charge in [-0.05, 0) is 36.4 Å². The third kappa shape index (κ3) is 3.30. The highest BCUT2D eigenvalue weighted by molar-refractivity contribution is 6.06. The third-order valence-electron chi connectivity index (χ3n) is 6.89. The molecule has 0 saturated carbocycles. The highest BCUT2D eigenvalue weighted by atomic mass is 16.6. The number of likely N-dealkylation sites (tertiary alicyclic amines) is 1. The fourth-order valence-corrected chi connectivity index (χ4v) is 5.35. The van der Waals surface area contributed by atoms with E-state index in [0.29, 0.717) is 35.9 Å². The van der Waals surface area contributed by atoms with E-state index in [9.17, 15) is 14.9 Å². The Morgan fingerprint density at radius 1 is 1.09 bits per heavy atom.